The van der Waals surface area contributed by atoms with E-state index in [9.17, 15) is 4.79 Å². The average Bonchev–Trinajstić information content (AvgIpc) is 2.27. The summed E-state index contributed by atoms with van der Waals surface area (Å²) >= 11 is 0. The Balaban J connectivity index is 2.90. The first-order valence-electron chi connectivity index (χ1n) is 5.30. The van der Waals surface area contributed by atoms with E-state index in [1.807, 2.05) is 50.3 Å². The Morgan fingerprint density at radius 1 is 1.31 bits per heavy atom. The van der Waals surface area contributed by atoms with Crippen LogP contribution in [0.2, 0.25) is 0 Å². The number of carboxylic acid groups (broad SMARTS) is 1. The first-order valence-corrected chi connectivity index (χ1v) is 5.30. The molecule has 1 rings (SSSR count). The highest BCUT2D eigenvalue weighted by Crippen LogP contribution is 2.11. The minimum absolute atomic E-state index is 0.435. The molecule has 0 aliphatic carbocycles. The average molecular weight is 216 g/mol. The van der Waals surface area contributed by atoms with Crippen molar-refractivity contribution >= 4 is 12.0 Å². The summed E-state index contributed by atoms with van der Waals surface area (Å²) in [6.07, 6.45) is 4.23. The molecule has 0 unspecified atom stereocenters. The molecule has 0 aliphatic heterocycles. The van der Waals surface area contributed by atoms with Crippen molar-refractivity contribution < 1.29 is 9.90 Å². The van der Waals surface area contributed by atoms with Crippen LogP contribution in [-0.2, 0) is 4.79 Å². The van der Waals surface area contributed by atoms with Crippen LogP contribution in [0.3, 0.4) is 0 Å². The second-order valence-corrected chi connectivity index (χ2v) is 3.63. The Kier molecular flexibility index (Phi) is 4.52. The zero-order chi connectivity index (χ0) is 12.0. The fourth-order valence-corrected chi connectivity index (χ4v) is 1.44. The van der Waals surface area contributed by atoms with Crippen molar-refractivity contribution in [3.63, 3.8) is 0 Å². The van der Waals surface area contributed by atoms with Crippen LogP contribution in [0.1, 0.15) is 25.8 Å². The van der Waals surface area contributed by atoms with E-state index < -0.39 is 5.97 Å². The molecule has 0 amide bonds. The van der Waals surface area contributed by atoms with Crippen molar-refractivity contribution in [2.45, 2.75) is 20.3 Å². The number of benzene rings is 1. The zero-order valence-electron chi connectivity index (χ0n) is 9.60. The highest BCUT2D eigenvalue weighted by Gasteiger charge is 2.03. The number of aliphatic carboxylic acids is 1. The summed E-state index contributed by atoms with van der Waals surface area (Å²) in [6.45, 7) is 3.75. The van der Waals surface area contributed by atoms with Gasteiger partial charge in [0.25, 0.3) is 0 Å². The second-order valence-electron chi connectivity index (χ2n) is 3.63. The van der Waals surface area contributed by atoms with E-state index in [1.165, 1.54) is 0 Å². The highest BCUT2D eigenvalue weighted by atomic mass is 16.4. The van der Waals surface area contributed by atoms with Crippen LogP contribution < -0.4 is 0 Å². The normalized spacial score (nSPS) is 12.6. The largest absolute Gasteiger partial charge is 0.478 e. The van der Waals surface area contributed by atoms with E-state index in [4.69, 9.17) is 5.11 Å². The number of hydrogen-bond acceptors (Lipinski definition) is 1. The monoisotopic (exact) mass is 216 g/mol. The molecular formula is C14H16O2. The SMILES string of the molecule is CCC(=CC(C)=Cc1ccccc1)C(=O)O. The molecule has 1 aromatic carbocycles. The van der Waals surface area contributed by atoms with Gasteiger partial charge in [-0.2, -0.15) is 0 Å². The second kappa shape index (κ2) is 5.91. The van der Waals surface area contributed by atoms with Crippen LogP contribution in [0.25, 0.3) is 6.08 Å². The summed E-state index contributed by atoms with van der Waals surface area (Å²) < 4.78 is 0. The maximum atomic E-state index is 10.8. The third-order valence-corrected chi connectivity index (χ3v) is 2.25. The summed E-state index contributed by atoms with van der Waals surface area (Å²) in [7, 11) is 0. The van der Waals surface area contributed by atoms with E-state index in [0.717, 1.165) is 11.1 Å². The van der Waals surface area contributed by atoms with Crippen molar-refractivity contribution in [3.05, 3.63) is 53.1 Å². The lowest BCUT2D eigenvalue weighted by Crippen LogP contribution is -1.99. The van der Waals surface area contributed by atoms with Gasteiger partial charge in [0.1, 0.15) is 0 Å². The van der Waals surface area contributed by atoms with Crippen LogP contribution in [0, 0.1) is 0 Å². The highest BCUT2D eigenvalue weighted by molar-refractivity contribution is 5.87. The fraction of sp³-hybridized carbons (Fsp3) is 0.214. The Morgan fingerprint density at radius 2 is 1.94 bits per heavy atom. The molecule has 0 fully saturated rings. The maximum Gasteiger partial charge on any atom is 0.331 e. The Hall–Kier alpha value is -1.83. The molecule has 2 heteroatoms. The zero-order valence-corrected chi connectivity index (χ0v) is 9.60. The smallest absolute Gasteiger partial charge is 0.331 e. The summed E-state index contributed by atoms with van der Waals surface area (Å²) in [6, 6.07) is 9.85. The van der Waals surface area contributed by atoms with Gasteiger partial charge in [0.2, 0.25) is 0 Å². The van der Waals surface area contributed by atoms with Gasteiger partial charge in [0.15, 0.2) is 0 Å². The van der Waals surface area contributed by atoms with Crippen molar-refractivity contribution in [1.82, 2.24) is 0 Å². The molecule has 84 valence electrons. The van der Waals surface area contributed by atoms with Crippen molar-refractivity contribution in [1.29, 1.82) is 0 Å². The Bertz CT molecular complexity index is 414. The predicted molar refractivity (Wildman–Crippen MR) is 66.1 cm³/mol. The quantitative estimate of drug-likeness (QED) is 0.617. The first-order chi connectivity index (χ1) is 7.63. The topological polar surface area (TPSA) is 37.3 Å². The van der Waals surface area contributed by atoms with Crippen molar-refractivity contribution in [3.8, 4) is 0 Å². The molecular weight excluding hydrogens is 200 g/mol. The molecule has 0 atom stereocenters. The third-order valence-electron chi connectivity index (χ3n) is 2.25. The molecule has 0 saturated carbocycles. The molecule has 1 aromatic rings. The summed E-state index contributed by atoms with van der Waals surface area (Å²) in [5.74, 6) is -0.844. The van der Waals surface area contributed by atoms with Crippen LogP contribution in [0.5, 0.6) is 0 Å². The molecule has 0 spiro atoms. The molecule has 1 N–H and O–H groups in total. The van der Waals surface area contributed by atoms with Gasteiger partial charge < -0.3 is 5.11 Å². The van der Waals surface area contributed by atoms with Crippen LogP contribution in [0.4, 0.5) is 0 Å². The van der Waals surface area contributed by atoms with Crippen LogP contribution >= 0.6 is 0 Å². The van der Waals surface area contributed by atoms with Gasteiger partial charge in [-0.25, -0.2) is 4.79 Å². The Morgan fingerprint density at radius 3 is 2.44 bits per heavy atom. The fourth-order valence-electron chi connectivity index (χ4n) is 1.44. The van der Waals surface area contributed by atoms with Crippen LogP contribution in [-0.4, -0.2) is 11.1 Å². The van der Waals surface area contributed by atoms with Gasteiger partial charge >= 0.3 is 5.97 Å². The summed E-state index contributed by atoms with van der Waals surface area (Å²) in [5.41, 5.74) is 2.47. The number of rotatable bonds is 4. The number of carbonyl (C=O) groups is 1. The van der Waals surface area contributed by atoms with Gasteiger partial charge in [0.05, 0.1) is 0 Å². The van der Waals surface area contributed by atoms with Gasteiger partial charge in [0, 0.05) is 5.57 Å². The summed E-state index contributed by atoms with van der Waals surface area (Å²) in [4.78, 5) is 10.8. The molecule has 0 aliphatic rings. The molecule has 0 bridgehead atoms. The predicted octanol–water partition coefficient (Wildman–Crippen LogP) is 3.51. The van der Waals surface area contributed by atoms with E-state index >= 15 is 0 Å². The van der Waals surface area contributed by atoms with Gasteiger partial charge in [-0.1, -0.05) is 48.9 Å². The van der Waals surface area contributed by atoms with Crippen molar-refractivity contribution in [2.24, 2.45) is 0 Å². The van der Waals surface area contributed by atoms with Crippen LogP contribution in [0.15, 0.2) is 47.6 Å². The van der Waals surface area contributed by atoms with Gasteiger partial charge in [-0.15, -0.1) is 0 Å². The maximum absolute atomic E-state index is 10.8. The lowest BCUT2D eigenvalue weighted by atomic mass is 10.1. The van der Waals surface area contributed by atoms with E-state index in [-0.39, 0.29) is 0 Å². The molecule has 0 heterocycles. The van der Waals surface area contributed by atoms with Gasteiger partial charge in [-0.3, -0.25) is 0 Å². The summed E-state index contributed by atoms with van der Waals surface area (Å²) in [5, 5.41) is 8.89. The van der Waals surface area contributed by atoms with E-state index in [1.54, 1.807) is 6.08 Å². The molecule has 16 heavy (non-hydrogen) atoms. The molecule has 2 nitrogen and oxygen atoms in total. The number of allylic oxidation sites excluding steroid dienone is 2. The van der Waals surface area contributed by atoms with E-state index in [2.05, 4.69) is 0 Å². The minimum atomic E-state index is -0.844. The van der Waals surface area contributed by atoms with E-state index in [0.29, 0.717) is 12.0 Å². The molecule has 0 radical (unpaired) electrons. The standard InChI is InChI=1S/C14H16O2/c1-3-13(14(15)16)10-11(2)9-12-7-5-4-6-8-12/h4-10H,3H2,1-2H3,(H,15,16). The van der Waals surface area contributed by atoms with Gasteiger partial charge in [-0.05, 0) is 25.0 Å². The Labute approximate surface area is 95.9 Å². The molecule has 0 aromatic heterocycles. The number of hydrogen-bond donors (Lipinski definition) is 1. The molecule has 0 saturated heterocycles. The van der Waals surface area contributed by atoms with Crippen molar-refractivity contribution in [2.75, 3.05) is 0 Å². The lowest BCUT2D eigenvalue weighted by molar-refractivity contribution is -0.132. The minimum Gasteiger partial charge on any atom is -0.478 e. The number of carboxylic acids is 1. The third kappa shape index (κ3) is 3.73. The first kappa shape index (κ1) is 12.2. The lowest BCUT2D eigenvalue weighted by Gasteiger charge is -1.99.